The Balaban J connectivity index is 1.93. The zero-order chi connectivity index (χ0) is 14.4. The van der Waals surface area contributed by atoms with Gasteiger partial charge in [-0.2, -0.15) is 0 Å². The van der Waals surface area contributed by atoms with E-state index in [-0.39, 0.29) is 0 Å². The van der Waals surface area contributed by atoms with Gasteiger partial charge in [0.1, 0.15) is 0 Å². The van der Waals surface area contributed by atoms with Crippen LogP contribution >= 0.6 is 0 Å². The summed E-state index contributed by atoms with van der Waals surface area (Å²) in [5.41, 5.74) is 0.386. The minimum absolute atomic E-state index is 0.322. The first-order valence-electron chi connectivity index (χ1n) is 8.34. The minimum atomic E-state index is 0.322. The van der Waals surface area contributed by atoms with Gasteiger partial charge in [-0.05, 0) is 45.2 Å². The quantitative estimate of drug-likeness (QED) is 0.738. The maximum atomic E-state index is 12.3. The third kappa shape index (κ3) is 3.85. The minimum Gasteiger partial charge on any atom is -0.342 e. The van der Waals surface area contributed by atoms with Gasteiger partial charge >= 0.3 is 0 Å². The highest BCUT2D eigenvalue weighted by Crippen LogP contribution is 2.38. The second kappa shape index (κ2) is 7.26. The SMILES string of the molecule is CC/C=C/CC(=O)N1CCCC2(CCCN(CC)C2)C1. The fraction of sp³-hybridized carbons (Fsp3) is 0.824. The van der Waals surface area contributed by atoms with Crippen molar-refractivity contribution < 1.29 is 4.79 Å². The van der Waals surface area contributed by atoms with Crippen molar-refractivity contribution in [2.24, 2.45) is 5.41 Å². The zero-order valence-corrected chi connectivity index (χ0v) is 13.2. The molecule has 1 unspecified atom stereocenters. The van der Waals surface area contributed by atoms with E-state index in [1.807, 2.05) is 6.08 Å². The van der Waals surface area contributed by atoms with Crippen LogP contribution in [-0.2, 0) is 4.79 Å². The Kier molecular flexibility index (Phi) is 5.64. The molecule has 2 saturated heterocycles. The molecule has 2 fully saturated rings. The number of likely N-dealkylation sites (tertiary alicyclic amines) is 2. The summed E-state index contributed by atoms with van der Waals surface area (Å²) in [4.78, 5) is 17.0. The summed E-state index contributed by atoms with van der Waals surface area (Å²) in [7, 11) is 0. The second-order valence-electron chi connectivity index (χ2n) is 6.47. The van der Waals surface area contributed by atoms with Gasteiger partial charge in [0, 0.05) is 31.5 Å². The summed E-state index contributed by atoms with van der Waals surface area (Å²) in [6.07, 6.45) is 10.8. The highest BCUT2D eigenvalue weighted by molar-refractivity contribution is 5.77. The lowest BCUT2D eigenvalue weighted by atomic mass is 9.73. The highest BCUT2D eigenvalue weighted by atomic mass is 16.2. The van der Waals surface area contributed by atoms with Crippen molar-refractivity contribution >= 4 is 5.91 Å². The third-order valence-corrected chi connectivity index (χ3v) is 4.90. The fourth-order valence-electron chi connectivity index (χ4n) is 3.81. The number of amides is 1. The number of rotatable bonds is 4. The van der Waals surface area contributed by atoms with Gasteiger partial charge in [-0.3, -0.25) is 4.79 Å². The van der Waals surface area contributed by atoms with Gasteiger partial charge in [-0.1, -0.05) is 26.0 Å². The first-order valence-corrected chi connectivity index (χ1v) is 8.34. The van der Waals surface area contributed by atoms with Gasteiger partial charge in [-0.25, -0.2) is 0 Å². The van der Waals surface area contributed by atoms with Crippen LogP contribution in [0.25, 0.3) is 0 Å². The van der Waals surface area contributed by atoms with Crippen molar-refractivity contribution in [1.29, 1.82) is 0 Å². The van der Waals surface area contributed by atoms with E-state index in [1.54, 1.807) is 0 Å². The molecule has 1 spiro atoms. The van der Waals surface area contributed by atoms with E-state index in [0.29, 0.717) is 17.7 Å². The highest BCUT2D eigenvalue weighted by Gasteiger charge is 2.39. The maximum absolute atomic E-state index is 12.3. The number of nitrogens with zero attached hydrogens (tertiary/aromatic N) is 2. The summed E-state index contributed by atoms with van der Waals surface area (Å²) in [5.74, 6) is 0.322. The summed E-state index contributed by atoms with van der Waals surface area (Å²) >= 11 is 0. The standard InChI is InChI=1S/C17H30N2O/c1-3-5-6-9-16(20)19-13-8-11-17(15-19)10-7-12-18(4-2)14-17/h5-6H,3-4,7-15H2,1-2H3/b6-5+. The molecule has 0 bridgehead atoms. The molecule has 0 saturated carbocycles. The van der Waals surface area contributed by atoms with Gasteiger partial charge in [0.15, 0.2) is 0 Å². The number of piperidine rings is 2. The topological polar surface area (TPSA) is 23.6 Å². The first-order chi connectivity index (χ1) is 9.69. The average Bonchev–Trinajstić information content (AvgIpc) is 2.47. The zero-order valence-electron chi connectivity index (χ0n) is 13.2. The number of carbonyl (C=O) groups is 1. The summed E-state index contributed by atoms with van der Waals surface area (Å²) in [6.45, 7) is 9.89. The largest absolute Gasteiger partial charge is 0.342 e. The average molecular weight is 278 g/mol. The van der Waals surface area contributed by atoms with E-state index in [0.717, 1.165) is 26.1 Å². The molecule has 2 heterocycles. The van der Waals surface area contributed by atoms with E-state index >= 15 is 0 Å². The van der Waals surface area contributed by atoms with Crippen LogP contribution < -0.4 is 0 Å². The molecule has 0 N–H and O–H groups in total. The third-order valence-electron chi connectivity index (χ3n) is 4.90. The molecular formula is C17H30N2O. The molecule has 1 amide bonds. The van der Waals surface area contributed by atoms with Gasteiger partial charge in [0.25, 0.3) is 0 Å². The molecule has 2 aliphatic heterocycles. The van der Waals surface area contributed by atoms with E-state index in [9.17, 15) is 4.79 Å². The van der Waals surface area contributed by atoms with Crippen molar-refractivity contribution in [1.82, 2.24) is 9.80 Å². The molecule has 0 aromatic heterocycles. The van der Waals surface area contributed by atoms with Crippen molar-refractivity contribution in [3.63, 3.8) is 0 Å². The maximum Gasteiger partial charge on any atom is 0.226 e. The molecule has 0 aromatic carbocycles. The number of carbonyl (C=O) groups excluding carboxylic acids is 1. The van der Waals surface area contributed by atoms with Crippen LogP contribution in [0.2, 0.25) is 0 Å². The van der Waals surface area contributed by atoms with Crippen LogP contribution in [0, 0.1) is 5.41 Å². The Labute approximate surface area is 124 Å². The van der Waals surface area contributed by atoms with Crippen molar-refractivity contribution in [2.45, 2.75) is 52.4 Å². The Morgan fingerprint density at radius 2 is 1.85 bits per heavy atom. The Hall–Kier alpha value is -0.830. The smallest absolute Gasteiger partial charge is 0.226 e. The summed E-state index contributed by atoms with van der Waals surface area (Å²) < 4.78 is 0. The molecule has 3 nitrogen and oxygen atoms in total. The number of allylic oxidation sites excluding steroid dienone is 1. The Bertz CT molecular complexity index is 349. The van der Waals surface area contributed by atoms with Crippen LogP contribution in [-0.4, -0.2) is 48.4 Å². The van der Waals surface area contributed by atoms with Crippen LogP contribution in [0.4, 0.5) is 0 Å². The van der Waals surface area contributed by atoms with Crippen LogP contribution in [0.5, 0.6) is 0 Å². The molecule has 114 valence electrons. The molecule has 3 heteroatoms. The van der Waals surface area contributed by atoms with Gasteiger partial charge in [0.2, 0.25) is 5.91 Å². The van der Waals surface area contributed by atoms with Crippen LogP contribution in [0.3, 0.4) is 0 Å². The summed E-state index contributed by atoms with van der Waals surface area (Å²) in [5, 5.41) is 0. The lowest BCUT2D eigenvalue weighted by Crippen LogP contribution is -2.53. The first kappa shape index (κ1) is 15.6. The Morgan fingerprint density at radius 1 is 1.10 bits per heavy atom. The molecule has 2 aliphatic rings. The van der Waals surface area contributed by atoms with Gasteiger partial charge < -0.3 is 9.80 Å². The van der Waals surface area contributed by atoms with Crippen molar-refractivity contribution in [2.75, 3.05) is 32.7 Å². The van der Waals surface area contributed by atoms with Crippen LogP contribution in [0.1, 0.15) is 52.4 Å². The molecule has 0 radical (unpaired) electrons. The predicted molar refractivity (Wildman–Crippen MR) is 83.6 cm³/mol. The van der Waals surface area contributed by atoms with Crippen molar-refractivity contribution in [3.8, 4) is 0 Å². The van der Waals surface area contributed by atoms with E-state index in [2.05, 4.69) is 29.7 Å². The molecule has 0 aromatic rings. The monoisotopic (exact) mass is 278 g/mol. The van der Waals surface area contributed by atoms with Crippen LogP contribution in [0.15, 0.2) is 12.2 Å². The van der Waals surface area contributed by atoms with Gasteiger partial charge in [-0.15, -0.1) is 0 Å². The molecule has 1 atom stereocenters. The van der Waals surface area contributed by atoms with Gasteiger partial charge in [0.05, 0.1) is 0 Å². The normalized spacial score (nSPS) is 28.4. The van der Waals surface area contributed by atoms with Crippen molar-refractivity contribution in [3.05, 3.63) is 12.2 Å². The molecular weight excluding hydrogens is 248 g/mol. The lowest BCUT2D eigenvalue weighted by Gasteiger charge is -2.48. The molecule has 2 rings (SSSR count). The Morgan fingerprint density at radius 3 is 2.55 bits per heavy atom. The van der Waals surface area contributed by atoms with E-state index in [4.69, 9.17) is 0 Å². The van der Waals surface area contributed by atoms with E-state index < -0.39 is 0 Å². The fourth-order valence-corrected chi connectivity index (χ4v) is 3.81. The predicted octanol–water partition coefficient (Wildman–Crippen LogP) is 3.07. The lowest BCUT2D eigenvalue weighted by molar-refractivity contribution is -0.135. The molecule has 20 heavy (non-hydrogen) atoms. The summed E-state index contributed by atoms with van der Waals surface area (Å²) in [6, 6.07) is 0. The number of hydrogen-bond donors (Lipinski definition) is 0. The second-order valence-corrected chi connectivity index (χ2v) is 6.47. The number of hydrogen-bond acceptors (Lipinski definition) is 2. The van der Waals surface area contributed by atoms with E-state index in [1.165, 1.54) is 38.8 Å². The molecule has 0 aliphatic carbocycles.